The molecule has 1 unspecified atom stereocenters. The highest BCUT2D eigenvalue weighted by Gasteiger charge is 2.17. The smallest absolute Gasteiger partial charge is 0.323 e. The summed E-state index contributed by atoms with van der Waals surface area (Å²) in [5, 5.41) is 13.3. The van der Waals surface area contributed by atoms with Crippen LogP contribution in [-0.4, -0.2) is 39.5 Å². The van der Waals surface area contributed by atoms with Crippen LogP contribution >= 0.6 is 11.8 Å². The SMILES string of the molecule is O=C(O)Cn1c(SCC2CCCNC2)nc2ccccc21. The summed E-state index contributed by atoms with van der Waals surface area (Å²) in [6, 6.07) is 7.71. The zero-order valence-corrected chi connectivity index (χ0v) is 12.6. The molecule has 1 atom stereocenters. The topological polar surface area (TPSA) is 67.2 Å². The Kier molecular flexibility index (Phi) is 4.45. The first-order chi connectivity index (χ1) is 10.2. The van der Waals surface area contributed by atoms with E-state index in [2.05, 4.69) is 10.3 Å². The maximum atomic E-state index is 11.1. The molecule has 0 saturated carbocycles. The average molecular weight is 305 g/mol. The van der Waals surface area contributed by atoms with Gasteiger partial charge >= 0.3 is 5.97 Å². The first-order valence-electron chi connectivity index (χ1n) is 7.24. The summed E-state index contributed by atoms with van der Waals surface area (Å²) in [7, 11) is 0. The van der Waals surface area contributed by atoms with Crippen LogP contribution in [0.25, 0.3) is 11.0 Å². The predicted octanol–water partition coefficient (Wildman–Crippen LogP) is 2.21. The second kappa shape index (κ2) is 6.49. The minimum absolute atomic E-state index is 0.0359. The highest BCUT2D eigenvalue weighted by atomic mass is 32.2. The molecule has 112 valence electrons. The quantitative estimate of drug-likeness (QED) is 0.829. The van der Waals surface area contributed by atoms with Crippen molar-refractivity contribution < 1.29 is 9.90 Å². The second-order valence-electron chi connectivity index (χ2n) is 5.39. The summed E-state index contributed by atoms with van der Waals surface area (Å²) in [5.41, 5.74) is 1.76. The van der Waals surface area contributed by atoms with Gasteiger partial charge in [0.05, 0.1) is 11.0 Å². The van der Waals surface area contributed by atoms with Gasteiger partial charge in [0.1, 0.15) is 6.54 Å². The van der Waals surface area contributed by atoms with Crippen LogP contribution in [-0.2, 0) is 11.3 Å². The van der Waals surface area contributed by atoms with Crippen molar-refractivity contribution in [2.75, 3.05) is 18.8 Å². The summed E-state index contributed by atoms with van der Waals surface area (Å²) in [6.07, 6.45) is 2.45. The maximum absolute atomic E-state index is 11.1. The summed E-state index contributed by atoms with van der Waals surface area (Å²) in [6.45, 7) is 2.12. The van der Waals surface area contributed by atoms with E-state index in [1.165, 1.54) is 12.8 Å². The lowest BCUT2D eigenvalue weighted by Crippen LogP contribution is -2.31. The van der Waals surface area contributed by atoms with Gasteiger partial charge in [0.2, 0.25) is 0 Å². The van der Waals surface area contributed by atoms with Crippen LogP contribution < -0.4 is 5.32 Å². The number of nitrogens with zero attached hydrogens (tertiary/aromatic N) is 2. The summed E-state index contributed by atoms with van der Waals surface area (Å²) in [5.74, 6) is 0.789. The standard InChI is InChI=1S/C15H19N3O2S/c19-14(20)9-18-13-6-2-1-5-12(13)17-15(18)21-10-11-4-3-7-16-8-11/h1-2,5-6,11,16H,3-4,7-10H2,(H,19,20). The van der Waals surface area contributed by atoms with Gasteiger partial charge in [-0.25, -0.2) is 4.98 Å². The van der Waals surface area contributed by atoms with E-state index < -0.39 is 5.97 Å². The number of nitrogens with one attached hydrogen (secondary N) is 1. The van der Waals surface area contributed by atoms with E-state index in [0.29, 0.717) is 5.92 Å². The van der Waals surface area contributed by atoms with E-state index in [1.807, 2.05) is 24.3 Å². The number of imidazole rings is 1. The van der Waals surface area contributed by atoms with Crippen LogP contribution in [0, 0.1) is 5.92 Å². The normalized spacial score (nSPS) is 19.0. The Morgan fingerprint density at radius 1 is 1.48 bits per heavy atom. The van der Waals surface area contributed by atoms with Crippen molar-refractivity contribution >= 4 is 28.8 Å². The molecule has 1 fully saturated rings. The number of carboxylic acid groups (broad SMARTS) is 1. The molecule has 5 nitrogen and oxygen atoms in total. The monoisotopic (exact) mass is 305 g/mol. The van der Waals surface area contributed by atoms with Crippen LogP contribution in [0.1, 0.15) is 12.8 Å². The molecule has 1 aliphatic heterocycles. The minimum atomic E-state index is -0.834. The van der Waals surface area contributed by atoms with Gasteiger partial charge in [0.25, 0.3) is 0 Å². The van der Waals surface area contributed by atoms with Crippen LogP contribution in [0.5, 0.6) is 0 Å². The lowest BCUT2D eigenvalue weighted by molar-refractivity contribution is -0.137. The molecule has 0 bridgehead atoms. The Morgan fingerprint density at radius 2 is 2.33 bits per heavy atom. The molecule has 0 amide bonds. The number of para-hydroxylation sites is 2. The van der Waals surface area contributed by atoms with Crippen molar-refractivity contribution in [1.82, 2.24) is 14.9 Å². The number of hydrogen-bond acceptors (Lipinski definition) is 4. The number of benzene rings is 1. The molecule has 3 rings (SSSR count). The molecule has 0 radical (unpaired) electrons. The molecular weight excluding hydrogens is 286 g/mol. The fourth-order valence-electron chi connectivity index (χ4n) is 2.71. The summed E-state index contributed by atoms with van der Waals surface area (Å²) in [4.78, 5) is 15.7. The molecule has 21 heavy (non-hydrogen) atoms. The van der Waals surface area contributed by atoms with Gasteiger partial charge < -0.3 is 15.0 Å². The molecule has 1 aromatic carbocycles. The third-order valence-electron chi connectivity index (χ3n) is 3.76. The number of aliphatic carboxylic acids is 1. The molecule has 6 heteroatoms. The Labute approximate surface area is 127 Å². The highest BCUT2D eigenvalue weighted by Crippen LogP contribution is 2.27. The average Bonchev–Trinajstić information content (AvgIpc) is 2.84. The Hall–Kier alpha value is -1.53. The number of thioether (sulfide) groups is 1. The molecule has 1 aromatic heterocycles. The van der Waals surface area contributed by atoms with Gasteiger partial charge in [-0.3, -0.25) is 4.79 Å². The van der Waals surface area contributed by atoms with Crippen molar-refractivity contribution in [2.45, 2.75) is 24.5 Å². The lowest BCUT2D eigenvalue weighted by Gasteiger charge is -2.22. The zero-order valence-electron chi connectivity index (χ0n) is 11.8. The van der Waals surface area contributed by atoms with Crippen LogP contribution in [0.2, 0.25) is 0 Å². The van der Waals surface area contributed by atoms with Crippen molar-refractivity contribution in [2.24, 2.45) is 5.92 Å². The number of carboxylic acids is 1. The maximum Gasteiger partial charge on any atom is 0.323 e. The first-order valence-corrected chi connectivity index (χ1v) is 8.23. The fourth-order valence-corrected chi connectivity index (χ4v) is 3.86. The van der Waals surface area contributed by atoms with Gasteiger partial charge in [-0.05, 0) is 44.0 Å². The van der Waals surface area contributed by atoms with E-state index in [0.717, 1.165) is 35.0 Å². The number of aromatic nitrogens is 2. The lowest BCUT2D eigenvalue weighted by atomic mass is 10.0. The molecular formula is C15H19N3O2S. The summed E-state index contributed by atoms with van der Waals surface area (Å²) >= 11 is 1.67. The number of piperidine rings is 1. The van der Waals surface area contributed by atoms with Crippen molar-refractivity contribution in [3.63, 3.8) is 0 Å². The Morgan fingerprint density at radius 3 is 3.10 bits per heavy atom. The van der Waals surface area contributed by atoms with Crippen molar-refractivity contribution in [3.8, 4) is 0 Å². The summed E-state index contributed by atoms with van der Waals surface area (Å²) < 4.78 is 1.80. The first kappa shape index (κ1) is 14.4. The van der Waals surface area contributed by atoms with Crippen LogP contribution in [0.4, 0.5) is 0 Å². The third kappa shape index (κ3) is 3.39. The predicted molar refractivity (Wildman–Crippen MR) is 83.7 cm³/mol. The largest absolute Gasteiger partial charge is 0.480 e. The van der Waals surface area contributed by atoms with E-state index in [-0.39, 0.29) is 6.54 Å². The van der Waals surface area contributed by atoms with E-state index in [9.17, 15) is 4.79 Å². The van der Waals surface area contributed by atoms with Gasteiger partial charge in [-0.2, -0.15) is 0 Å². The van der Waals surface area contributed by atoms with E-state index >= 15 is 0 Å². The minimum Gasteiger partial charge on any atom is -0.480 e. The molecule has 1 aliphatic rings. The Bertz CT molecular complexity index is 635. The third-order valence-corrected chi connectivity index (χ3v) is 4.97. The van der Waals surface area contributed by atoms with Gasteiger partial charge in [0, 0.05) is 5.75 Å². The number of fused-ring (bicyclic) bond motifs is 1. The van der Waals surface area contributed by atoms with E-state index in [4.69, 9.17) is 5.11 Å². The molecule has 0 spiro atoms. The fraction of sp³-hybridized carbons (Fsp3) is 0.467. The molecule has 2 aromatic rings. The molecule has 2 heterocycles. The molecule has 1 saturated heterocycles. The second-order valence-corrected chi connectivity index (χ2v) is 6.37. The zero-order chi connectivity index (χ0) is 14.7. The molecule has 2 N–H and O–H groups in total. The van der Waals surface area contributed by atoms with Gasteiger partial charge in [-0.15, -0.1) is 0 Å². The van der Waals surface area contributed by atoms with Crippen molar-refractivity contribution in [1.29, 1.82) is 0 Å². The Balaban J connectivity index is 1.80. The van der Waals surface area contributed by atoms with Crippen molar-refractivity contribution in [3.05, 3.63) is 24.3 Å². The van der Waals surface area contributed by atoms with Gasteiger partial charge in [-0.1, -0.05) is 23.9 Å². The van der Waals surface area contributed by atoms with Crippen LogP contribution in [0.3, 0.4) is 0 Å². The highest BCUT2D eigenvalue weighted by molar-refractivity contribution is 7.99. The van der Waals surface area contributed by atoms with E-state index in [1.54, 1.807) is 16.3 Å². The number of rotatable bonds is 5. The van der Waals surface area contributed by atoms with Gasteiger partial charge in [0.15, 0.2) is 5.16 Å². The number of hydrogen-bond donors (Lipinski definition) is 2. The molecule has 0 aliphatic carbocycles. The number of carbonyl (C=O) groups is 1. The van der Waals surface area contributed by atoms with Crippen LogP contribution in [0.15, 0.2) is 29.4 Å².